The fraction of sp³-hybridized carbons (Fsp3) is 0.0741. The second kappa shape index (κ2) is 12.1. The summed E-state index contributed by atoms with van der Waals surface area (Å²) in [4.78, 5) is 53.5. The van der Waals surface area contributed by atoms with E-state index in [-0.39, 0.29) is 17.0 Å². The molecule has 0 spiro atoms. The van der Waals surface area contributed by atoms with E-state index in [4.69, 9.17) is 16.7 Å². The second-order valence-corrected chi connectivity index (χ2v) is 10.9. The lowest BCUT2D eigenvalue weighted by atomic mass is 10.0. The molecule has 0 bridgehead atoms. The Balaban J connectivity index is 1.40. The fourth-order valence-corrected chi connectivity index (χ4v) is 5.22. The molecular weight excluding hydrogens is 562 g/mol. The summed E-state index contributed by atoms with van der Waals surface area (Å²) in [6.07, 6.45) is 0. The number of nitrogens with one attached hydrogen (secondary N) is 2. The zero-order valence-corrected chi connectivity index (χ0v) is 22.6. The van der Waals surface area contributed by atoms with Gasteiger partial charge in [0.25, 0.3) is 5.91 Å². The van der Waals surface area contributed by atoms with Crippen molar-refractivity contribution in [2.45, 2.75) is 17.1 Å². The molecule has 0 saturated carbocycles. The number of rotatable bonds is 9. The third kappa shape index (κ3) is 7.02. The van der Waals surface area contributed by atoms with Crippen LogP contribution in [-0.2, 0) is 4.79 Å². The first-order chi connectivity index (χ1) is 18.6. The van der Waals surface area contributed by atoms with Crippen molar-refractivity contribution in [2.75, 3.05) is 10.6 Å². The van der Waals surface area contributed by atoms with Crippen LogP contribution in [-0.4, -0.2) is 44.2 Å². The summed E-state index contributed by atoms with van der Waals surface area (Å²) in [5.74, 6) is -3.69. The number of anilines is 2. The first-order valence-electron chi connectivity index (χ1n) is 11.3. The number of thioether (sulfide) groups is 1. The molecule has 0 saturated heterocycles. The summed E-state index contributed by atoms with van der Waals surface area (Å²) in [5.41, 5.74) is 1.13. The van der Waals surface area contributed by atoms with Crippen LogP contribution >= 0.6 is 34.7 Å². The average Bonchev–Trinajstić information content (AvgIpc) is 3.37. The zero-order valence-electron chi connectivity index (χ0n) is 20.2. The molecule has 0 aliphatic carbocycles. The van der Waals surface area contributed by atoms with Crippen LogP contribution in [0.4, 0.5) is 10.8 Å². The van der Waals surface area contributed by atoms with Gasteiger partial charge in [0.15, 0.2) is 5.13 Å². The van der Waals surface area contributed by atoms with E-state index in [1.54, 1.807) is 43.3 Å². The standard InChI is InChI=1S/C27H20ClN3O6S2/c1-14(23(32)31-27-30-22(13-38-27)15-5-8-17(28)9-6-15)39-19-4-2-3-18(12-19)29-24(33)20-10-7-16(25(34)35)11-21(20)26(36)37/h2-14H,1H3,(H,29,33)(H,34,35)(H,36,37)(H,30,31,32). The Morgan fingerprint density at radius 2 is 1.67 bits per heavy atom. The van der Waals surface area contributed by atoms with E-state index in [0.717, 1.165) is 29.5 Å². The molecule has 0 aliphatic rings. The van der Waals surface area contributed by atoms with Gasteiger partial charge in [-0.1, -0.05) is 29.8 Å². The van der Waals surface area contributed by atoms with Crippen molar-refractivity contribution >= 4 is 69.3 Å². The number of carboxylic acid groups (broad SMARTS) is 2. The summed E-state index contributed by atoms with van der Waals surface area (Å²) >= 11 is 8.50. The Hall–Kier alpha value is -4.19. The maximum atomic E-state index is 12.8. The summed E-state index contributed by atoms with van der Waals surface area (Å²) in [5, 5.41) is 26.4. The normalized spacial score (nSPS) is 11.4. The van der Waals surface area contributed by atoms with E-state index >= 15 is 0 Å². The number of carbonyl (C=O) groups is 4. The number of thiazole rings is 1. The molecule has 1 unspecified atom stereocenters. The molecule has 9 nitrogen and oxygen atoms in total. The molecule has 39 heavy (non-hydrogen) atoms. The van der Waals surface area contributed by atoms with Gasteiger partial charge in [0, 0.05) is 26.5 Å². The first kappa shape index (κ1) is 27.8. The summed E-state index contributed by atoms with van der Waals surface area (Å²) in [7, 11) is 0. The van der Waals surface area contributed by atoms with Gasteiger partial charge in [-0.15, -0.1) is 23.1 Å². The van der Waals surface area contributed by atoms with Crippen LogP contribution in [0.1, 0.15) is 38.0 Å². The third-order valence-corrected chi connectivity index (χ3v) is 7.49. The largest absolute Gasteiger partial charge is 0.478 e. The minimum Gasteiger partial charge on any atom is -0.478 e. The second-order valence-electron chi connectivity index (χ2n) is 8.15. The number of hydrogen-bond donors (Lipinski definition) is 4. The smallest absolute Gasteiger partial charge is 0.336 e. The Bertz CT molecular complexity index is 1570. The molecule has 0 radical (unpaired) electrons. The van der Waals surface area contributed by atoms with Crippen molar-refractivity contribution in [1.82, 2.24) is 4.98 Å². The first-order valence-corrected chi connectivity index (χ1v) is 13.5. The van der Waals surface area contributed by atoms with Crippen LogP contribution < -0.4 is 10.6 Å². The molecule has 2 amide bonds. The van der Waals surface area contributed by atoms with Crippen LogP contribution in [0.25, 0.3) is 11.3 Å². The number of benzene rings is 3. The van der Waals surface area contributed by atoms with Crippen LogP contribution in [0.5, 0.6) is 0 Å². The van der Waals surface area contributed by atoms with Crippen molar-refractivity contribution in [1.29, 1.82) is 0 Å². The lowest BCUT2D eigenvalue weighted by Gasteiger charge is -2.12. The van der Waals surface area contributed by atoms with Crippen LogP contribution in [0.3, 0.4) is 0 Å². The molecule has 0 fully saturated rings. The summed E-state index contributed by atoms with van der Waals surface area (Å²) in [6.45, 7) is 1.74. The molecular formula is C27H20ClN3O6S2. The van der Waals surface area contributed by atoms with E-state index in [0.29, 0.717) is 20.7 Å². The van der Waals surface area contributed by atoms with Crippen molar-refractivity contribution < 1.29 is 29.4 Å². The minimum atomic E-state index is -1.42. The van der Waals surface area contributed by atoms with Crippen LogP contribution in [0.15, 0.2) is 77.0 Å². The SMILES string of the molecule is CC(Sc1cccc(NC(=O)c2ccc(C(=O)O)cc2C(=O)O)c1)C(=O)Nc1nc(-c2ccc(Cl)cc2)cs1. The molecule has 1 atom stereocenters. The highest BCUT2D eigenvalue weighted by molar-refractivity contribution is 8.00. The topological polar surface area (TPSA) is 146 Å². The highest BCUT2D eigenvalue weighted by Gasteiger charge is 2.20. The predicted molar refractivity (Wildman–Crippen MR) is 151 cm³/mol. The van der Waals surface area contributed by atoms with Gasteiger partial charge < -0.3 is 20.8 Å². The van der Waals surface area contributed by atoms with Crippen molar-refractivity contribution in [3.05, 3.63) is 93.8 Å². The van der Waals surface area contributed by atoms with E-state index in [1.807, 2.05) is 17.5 Å². The summed E-state index contributed by atoms with van der Waals surface area (Å²) < 4.78 is 0. The zero-order chi connectivity index (χ0) is 28.1. The van der Waals surface area contributed by atoms with Gasteiger partial charge in [-0.3, -0.25) is 9.59 Å². The molecule has 1 aromatic heterocycles. The monoisotopic (exact) mass is 581 g/mol. The maximum absolute atomic E-state index is 12.8. The highest BCUT2D eigenvalue weighted by Crippen LogP contribution is 2.29. The predicted octanol–water partition coefficient (Wildman–Crippen LogP) is 6.23. The van der Waals surface area contributed by atoms with E-state index in [9.17, 15) is 24.3 Å². The molecule has 12 heteroatoms. The molecule has 4 N–H and O–H groups in total. The highest BCUT2D eigenvalue weighted by atomic mass is 35.5. The number of halogens is 1. The van der Waals surface area contributed by atoms with E-state index in [1.165, 1.54) is 23.1 Å². The third-order valence-electron chi connectivity index (χ3n) is 5.39. The molecule has 0 aliphatic heterocycles. The van der Waals surface area contributed by atoms with Crippen molar-refractivity contribution in [2.24, 2.45) is 0 Å². The Morgan fingerprint density at radius 3 is 2.36 bits per heavy atom. The summed E-state index contributed by atoms with van der Waals surface area (Å²) in [6, 6.07) is 17.2. The van der Waals surface area contributed by atoms with Gasteiger partial charge in [0.1, 0.15) is 0 Å². The number of carbonyl (C=O) groups excluding carboxylic acids is 2. The molecule has 198 valence electrons. The van der Waals surface area contributed by atoms with Gasteiger partial charge in [-0.05, 0) is 55.5 Å². The van der Waals surface area contributed by atoms with Gasteiger partial charge in [0.2, 0.25) is 5.91 Å². The minimum absolute atomic E-state index is 0.181. The van der Waals surface area contributed by atoms with Gasteiger partial charge in [-0.25, -0.2) is 14.6 Å². The molecule has 1 heterocycles. The van der Waals surface area contributed by atoms with E-state index in [2.05, 4.69) is 15.6 Å². The Labute approximate surface area is 235 Å². The van der Waals surface area contributed by atoms with Gasteiger partial charge >= 0.3 is 11.9 Å². The van der Waals surface area contributed by atoms with Crippen LogP contribution in [0.2, 0.25) is 5.02 Å². The Morgan fingerprint density at radius 1 is 0.923 bits per heavy atom. The maximum Gasteiger partial charge on any atom is 0.336 e. The number of nitrogens with zero attached hydrogens (tertiary/aromatic N) is 1. The van der Waals surface area contributed by atoms with Crippen molar-refractivity contribution in [3.63, 3.8) is 0 Å². The lowest BCUT2D eigenvalue weighted by Crippen LogP contribution is -2.22. The Kier molecular flexibility index (Phi) is 8.65. The number of aromatic nitrogens is 1. The number of amides is 2. The quantitative estimate of drug-likeness (QED) is 0.170. The van der Waals surface area contributed by atoms with Gasteiger partial charge in [0.05, 0.1) is 27.6 Å². The van der Waals surface area contributed by atoms with Crippen molar-refractivity contribution in [3.8, 4) is 11.3 Å². The fourth-order valence-electron chi connectivity index (χ4n) is 3.45. The number of aromatic carboxylic acids is 2. The average molecular weight is 582 g/mol. The molecule has 3 aromatic carbocycles. The molecule has 4 rings (SSSR count). The molecule has 4 aromatic rings. The number of carboxylic acids is 2. The van der Waals surface area contributed by atoms with E-state index < -0.39 is 28.7 Å². The lowest BCUT2D eigenvalue weighted by molar-refractivity contribution is -0.115. The van der Waals surface area contributed by atoms with Crippen LogP contribution in [0, 0.1) is 0 Å². The van der Waals surface area contributed by atoms with Gasteiger partial charge in [-0.2, -0.15) is 0 Å². The number of hydrogen-bond acceptors (Lipinski definition) is 7.